The summed E-state index contributed by atoms with van der Waals surface area (Å²) in [6, 6.07) is 9.57. The lowest BCUT2D eigenvalue weighted by Crippen LogP contribution is -2.28. The van der Waals surface area contributed by atoms with Gasteiger partial charge in [-0.25, -0.2) is 0 Å². The fourth-order valence-electron chi connectivity index (χ4n) is 1.45. The number of hydrogen-bond donors (Lipinski definition) is 2. The SMILES string of the molecule is C#CCCC(NP)[C@H](O)c1ccccc1. The third-order valence-electron chi connectivity index (χ3n) is 2.34. The second-order valence-electron chi connectivity index (χ2n) is 3.37. The maximum Gasteiger partial charge on any atom is 0.0945 e. The van der Waals surface area contributed by atoms with Gasteiger partial charge in [-0.05, 0) is 12.0 Å². The van der Waals surface area contributed by atoms with Gasteiger partial charge in [-0.3, -0.25) is 5.09 Å². The van der Waals surface area contributed by atoms with Crippen molar-refractivity contribution >= 4 is 9.39 Å². The molecule has 2 unspecified atom stereocenters. The van der Waals surface area contributed by atoms with Crippen LogP contribution >= 0.6 is 9.39 Å². The Morgan fingerprint density at radius 2 is 2.07 bits per heavy atom. The number of aliphatic hydroxyl groups excluding tert-OH is 1. The van der Waals surface area contributed by atoms with Crippen molar-refractivity contribution in [2.75, 3.05) is 0 Å². The van der Waals surface area contributed by atoms with E-state index in [2.05, 4.69) is 20.4 Å². The Morgan fingerprint density at radius 1 is 1.40 bits per heavy atom. The van der Waals surface area contributed by atoms with Crippen LogP contribution < -0.4 is 5.09 Å². The predicted molar refractivity (Wildman–Crippen MR) is 66.1 cm³/mol. The maximum atomic E-state index is 10.1. The van der Waals surface area contributed by atoms with Crippen LogP contribution in [0.1, 0.15) is 24.5 Å². The fourth-order valence-corrected chi connectivity index (χ4v) is 1.80. The average molecular weight is 221 g/mol. The standard InChI is InChI=1S/C12H16NOP/c1-2-3-9-11(13-15)12(14)10-7-5-4-6-8-10/h1,4-8,11-14H,3,9,15H2/t11?,12-/m1/s1. The predicted octanol–water partition coefficient (Wildman–Crippen LogP) is 1.88. The first kappa shape index (κ1) is 12.2. The zero-order valence-electron chi connectivity index (χ0n) is 8.56. The summed E-state index contributed by atoms with van der Waals surface area (Å²) in [6.07, 6.45) is 6.11. The Bertz CT molecular complexity index is 320. The van der Waals surface area contributed by atoms with Gasteiger partial charge in [-0.15, -0.1) is 12.3 Å². The molecule has 0 aromatic heterocycles. The van der Waals surface area contributed by atoms with Crippen molar-refractivity contribution in [3.63, 3.8) is 0 Å². The minimum absolute atomic E-state index is 0.0200. The van der Waals surface area contributed by atoms with Crippen LogP contribution in [0.15, 0.2) is 30.3 Å². The molecule has 0 bridgehead atoms. The summed E-state index contributed by atoms with van der Waals surface area (Å²) in [5.41, 5.74) is 0.912. The van der Waals surface area contributed by atoms with Gasteiger partial charge in [0.15, 0.2) is 0 Å². The van der Waals surface area contributed by atoms with E-state index < -0.39 is 6.10 Å². The lowest BCUT2D eigenvalue weighted by Gasteiger charge is -2.21. The number of hydrogen-bond acceptors (Lipinski definition) is 2. The molecule has 0 fully saturated rings. The highest BCUT2D eigenvalue weighted by Gasteiger charge is 2.17. The molecule has 2 nitrogen and oxygen atoms in total. The van der Waals surface area contributed by atoms with E-state index in [-0.39, 0.29) is 6.04 Å². The minimum Gasteiger partial charge on any atom is -0.387 e. The Kier molecular flexibility index (Phi) is 5.36. The molecule has 0 saturated carbocycles. The first-order chi connectivity index (χ1) is 7.29. The van der Waals surface area contributed by atoms with Crippen molar-refractivity contribution < 1.29 is 5.11 Å². The summed E-state index contributed by atoms with van der Waals surface area (Å²) in [5.74, 6) is 2.58. The Balaban J connectivity index is 2.65. The van der Waals surface area contributed by atoms with Gasteiger partial charge < -0.3 is 5.11 Å². The summed E-state index contributed by atoms with van der Waals surface area (Å²) >= 11 is 0. The van der Waals surface area contributed by atoms with Crippen LogP contribution in [0.3, 0.4) is 0 Å². The second-order valence-corrected chi connectivity index (χ2v) is 3.70. The summed E-state index contributed by atoms with van der Waals surface area (Å²) < 4.78 is 0. The minimum atomic E-state index is -0.517. The molecule has 2 N–H and O–H groups in total. The van der Waals surface area contributed by atoms with E-state index in [1.165, 1.54) is 0 Å². The van der Waals surface area contributed by atoms with Crippen LogP contribution in [0.5, 0.6) is 0 Å². The summed E-state index contributed by atoms with van der Waals surface area (Å²) in [4.78, 5) is 0. The van der Waals surface area contributed by atoms with Gasteiger partial charge in [0.1, 0.15) is 0 Å². The smallest absolute Gasteiger partial charge is 0.0945 e. The molecule has 0 aliphatic rings. The molecule has 1 aromatic carbocycles. The third-order valence-corrected chi connectivity index (χ3v) is 2.76. The molecule has 0 heterocycles. The van der Waals surface area contributed by atoms with Gasteiger partial charge in [-0.2, -0.15) is 0 Å². The maximum absolute atomic E-state index is 10.1. The van der Waals surface area contributed by atoms with E-state index in [0.29, 0.717) is 6.42 Å². The first-order valence-electron chi connectivity index (χ1n) is 4.92. The molecular weight excluding hydrogens is 205 g/mol. The van der Waals surface area contributed by atoms with Crippen molar-refractivity contribution in [3.8, 4) is 12.3 Å². The van der Waals surface area contributed by atoms with E-state index in [0.717, 1.165) is 12.0 Å². The van der Waals surface area contributed by atoms with E-state index in [1.807, 2.05) is 30.3 Å². The van der Waals surface area contributed by atoms with Crippen LogP contribution in [-0.4, -0.2) is 11.1 Å². The molecular formula is C12H16NOP. The summed E-state index contributed by atoms with van der Waals surface area (Å²) in [7, 11) is 2.43. The number of terminal acetylenes is 1. The molecule has 1 aromatic rings. The normalized spacial score (nSPS) is 14.2. The Morgan fingerprint density at radius 3 is 2.60 bits per heavy atom. The van der Waals surface area contributed by atoms with Crippen LogP contribution in [0.4, 0.5) is 0 Å². The van der Waals surface area contributed by atoms with Crippen molar-refractivity contribution in [3.05, 3.63) is 35.9 Å². The van der Waals surface area contributed by atoms with E-state index in [4.69, 9.17) is 6.42 Å². The highest BCUT2D eigenvalue weighted by molar-refractivity contribution is 7.13. The number of rotatable bonds is 5. The van der Waals surface area contributed by atoms with Crippen LogP contribution in [0.25, 0.3) is 0 Å². The largest absolute Gasteiger partial charge is 0.387 e. The van der Waals surface area contributed by atoms with Crippen LogP contribution in [0, 0.1) is 12.3 Å². The summed E-state index contributed by atoms with van der Waals surface area (Å²) in [5, 5.41) is 13.1. The topological polar surface area (TPSA) is 32.3 Å². The Labute approximate surface area is 93.4 Å². The zero-order chi connectivity index (χ0) is 11.1. The van der Waals surface area contributed by atoms with Gasteiger partial charge in [0.2, 0.25) is 0 Å². The van der Waals surface area contributed by atoms with Crippen LogP contribution in [0.2, 0.25) is 0 Å². The molecule has 0 aliphatic carbocycles. The van der Waals surface area contributed by atoms with Crippen molar-refractivity contribution in [2.45, 2.75) is 25.0 Å². The molecule has 0 saturated heterocycles. The van der Waals surface area contributed by atoms with Gasteiger partial charge in [0.05, 0.1) is 6.10 Å². The molecule has 0 spiro atoms. The lowest BCUT2D eigenvalue weighted by molar-refractivity contribution is 0.137. The highest BCUT2D eigenvalue weighted by Crippen LogP contribution is 2.20. The van der Waals surface area contributed by atoms with Gasteiger partial charge in [-0.1, -0.05) is 39.7 Å². The zero-order valence-corrected chi connectivity index (χ0v) is 9.71. The fraction of sp³-hybridized carbons (Fsp3) is 0.333. The molecule has 0 amide bonds. The molecule has 3 atom stereocenters. The van der Waals surface area contributed by atoms with Crippen LogP contribution in [-0.2, 0) is 0 Å². The van der Waals surface area contributed by atoms with E-state index in [9.17, 15) is 5.11 Å². The molecule has 1 rings (SSSR count). The van der Waals surface area contributed by atoms with Crippen molar-refractivity contribution in [2.24, 2.45) is 0 Å². The Hall–Kier alpha value is -0.870. The average Bonchev–Trinajstić information content (AvgIpc) is 2.31. The second kappa shape index (κ2) is 6.58. The monoisotopic (exact) mass is 221 g/mol. The quantitative estimate of drug-likeness (QED) is 0.587. The number of aliphatic hydroxyl groups is 1. The molecule has 0 aliphatic heterocycles. The third kappa shape index (κ3) is 3.64. The first-order valence-corrected chi connectivity index (χ1v) is 5.50. The number of nitrogens with one attached hydrogen (secondary N) is 1. The van der Waals surface area contributed by atoms with Gasteiger partial charge >= 0.3 is 0 Å². The van der Waals surface area contributed by atoms with E-state index in [1.54, 1.807) is 0 Å². The molecule has 3 heteroatoms. The lowest BCUT2D eigenvalue weighted by atomic mass is 9.99. The number of benzene rings is 1. The van der Waals surface area contributed by atoms with E-state index >= 15 is 0 Å². The molecule has 15 heavy (non-hydrogen) atoms. The van der Waals surface area contributed by atoms with Crippen molar-refractivity contribution in [1.29, 1.82) is 0 Å². The summed E-state index contributed by atoms with van der Waals surface area (Å²) in [6.45, 7) is 0. The van der Waals surface area contributed by atoms with Crippen molar-refractivity contribution in [1.82, 2.24) is 5.09 Å². The van der Waals surface area contributed by atoms with Gasteiger partial charge in [0, 0.05) is 12.5 Å². The highest BCUT2D eigenvalue weighted by atomic mass is 31.0. The molecule has 0 radical (unpaired) electrons. The molecule has 80 valence electrons. The van der Waals surface area contributed by atoms with Gasteiger partial charge in [0.25, 0.3) is 0 Å².